The van der Waals surface area contributed by atoms with Gasteiger partial charge in [0.15, 0.2) is 0 Å². The molecule has 0 N–H and O–H groups in total. The summed E-state index contributed by atoms with van der Waals surface area (Å²) in [5, 5.41) is 4.41. The number of amides is 1. The van der Waals surface area contributed by atoms with Gasteiger partial charge in [-0.2, -0.15) is 5.10 Å². The SMILES string of the molecule is Cc1nn(C)c(C)c1C(=O)N1C2CCC1CC(Oc1ccncc1)C2. The highest BCUT2D eigenvalue weighted by atomic mass is 16.5. The van der Waals surface area contributed by atoms with Crippen LogP contribution in [0.1, 0.15) is 47.4 Å². The van der Waals surface area contributed by atoms with Crippen molar-refractivity contribution in [1.82, 2.24) is 19.7 Å². The monoisotopic (exact) mass is 340 g/mol. The van der Waals surface area contributed by atoms with E-state index in [0.717, 1.165) is 48.4 Å². The first kappa shape index (κ1) is 16.1. The number of aromatic nitrogens is 3. The summed E-state index contributed by atoms with van der Waals surface area (Å²) in [7, 11) is 1.89. The van der Waals surface area contributed by atoms with Gasteiger partial charge >= 0.3 is 0 Å². The van der Waals surface area contributed by atoms with Crippen LogP contribution in [-0.2, 0) is 7.05 Å². The molecule has 2 aromatic rings. The summed E-state index contributed by atoms with van der Waals surface area (Å²) < 4.78 is 7.92. The van der Waals surface area contributed by atoms with Crippen LogP contribution in [0.3, 0.4) is 0 Å². The second-order valence-electron chi connectivity index (χ2n) is 7.16. The Morgan fingerprint density at radius 3 is 2.36 bits per heavy atom. The summed E-state index contributed by atoms with van der Waals surface area (Å²) in [4.78, 5) is 19.3. The standard InChI is InChI=1S/C19H24N4O2/c1-12-18(13(2)22(3)21-12)19(24)23-14-4-5-15(23)11-17(10-14)25-16-6-8-20-9-7-16/h6-9,14-15,17H,4-5,10-11H2,1-3H3. The molecule has 1 amide bonds. The molecule has 0 aromatic carbocycles. The van der Waals surface area contributed by atoms with Crippen LogP contribution in [-0.4, -0.2) is 43.8 Å². The number of rotatable bonds is 3. The molecule has 0 saturated carbocycles. The number of fused-ring (bicyclic) bond motifs is 2. The average molecular weight is 340 g/mol. The van der Waals surface area contributed by atoms with Crippen molar-refractivity contribution in [3.05, 3.63) is 41.5 Å². The van der Waals surface area contributed by atoms with Crippen molar-refractivity contribution >= 4 is 5.91 Å². The number of hydrogen-bond acceptors (Lipinski definition) is 4. The number of pyridine rings is 1. The quantitative estimate of drug-likeness (QED) is 0.862. The van der Waals surface area contributed by atoms with E-state index in [2.05, 4.69) is 15.0 Å². The van der Waals surface area contributed by atoms with Crippen molar-refractivity contribution < 1.29 is 9.53 Å². The largest absolute Gasteiger partial charge is 0.490 e. The third-order valence-corrected chi connectivity index (χ3v) is 5.60. The molecule has 4 rings (SSSR count). The van der Waals surface area contributed by atoms with Crippen molar-refractivity contribution in [1.29, 1.82) is 0 Å². The van der Waals surface area contributed by atoms with E-state index in [4.69, 9.17) is 4.74 Å². The Morgan fingerprint density at radius 2 is 1.80 bits per heavy atom. The molecule has 4 heterocycles. The van der Waals surface area contributed by atoms with E-state index < -0.39 is 0 Å². The highest BCUT2D eigenvalue weighted by Gasteiger charge is 2.45. The maximum absolute atomic E-state index is 13.2. The van der Waals surface area contributed by atoms with Gasteiger partial charge in [0, 0.05) is 50.1 Å². The number of nitrogens with zero attached hydrogens (tertiary/aromatic N) is 4. The Balaban J connectivity index is 1.52. The van der Waals surface area contributed by atoms with E-state index in [-0.39, 0.29) is 24.1 Å². The summed E-state index contributed by atoms with van der Waals surface area (Å²) in [6, 6.07) is 4.30. The molecule has 2 unspecified atom stereocenters. The minimum atomic E-state index is 0.137. The Morgan fingerprint density at radius 1 is 1.16 bits per heavy atom. The lowest BCUT2D eigenvalue weighted by Gasteiger charge is -2.39. The molecule has 132 valence electrons. The Hall–Kier alpha value is -2.37. The van der Waals surface area contributed by atoms with Crippen LogP contribution in [0.25, 0.3) is 0 Å². The van der Waals surface area contributed by atoms with E-state index in [1.165, 1.54) is 0 Å². The molecule has 0 aliphatic carbocycles. The van der Waals surface area contributed by atoms with Crippen LogP contribution in [0.4, 0.5) is 0 Å². The van der Waals surface area contributed by atoms with Gasteiger partial charge in [-0.3, -0.25) is 14.5 Å². The molecule has 0 spiro atoms. The number of aryl methyl sites for hydroxylation is 2. The molecular weight excluding hydrogens is 316 g/mol. The molecule has 2 aromatic heterocycles. The third-order valence-electron chi connectivity index (χ3n) is 5.60. The first-order valence-electron chi connectivity index (χ1n) is 8.94. The van der Waals surface area contributed by atoms with Crippen LogP contribution in [0, 0.1) is 13.8 Å². The second kappa shape index (κ2) is 6.17. The van der Waals surface area contributed by atoms with Crippen molar-refractivity contribution in [2.24, 2.45) is 7.05 Å². The van der Waals surface area contributed by atoms with E-state index in [1.807, 2.05) is 33.0 Å². The molecule has 6 heteroatoms. The Kier molecular flexibility index (Phi) is 3.98. The lowest BCUT2D eigenvalue weighted by atomic mass is 9.98. The minimum absolute atomic E-state index is 0.137. The average Bonchev–Trinajstić information content (AvgIpc) is 3.01. The molecule has 2 aliphatic rings. The zero-order valence-corrected chi connectivity index (χ0v) is 15.0. The van der Waals surface area contributed by atoms with Crippen molar-refractivity contribution in [2.45, 2.75) is 57.7 Å². The molecule has 2 saturated heterocycles. The molecular formula is C19H24N4O2. The van der Waals surface area contributed by atoms with Gasteiger partial charge in [0.05, 0.1) is 11.3 Å². The fourth-order valence-corrected chi connectivity index (χ4v) is 4.38. The maximum atomic E-state index is 13.2. The minimum Gasteiger partial charge on any atom is -0.490 e. The number of piperidine rings is 1. The fourth-order valence-electron chi connectivity index (χ4n) is 4.38. The Bertz CT molecular complexity index is 772. The molecule has 2 bridgehead atoms. The van der Waals surface area contributed by atoms with Gasteiger partial charge in [-0.05, 0) is 38.8 Å². The van der Waals surface area contributed by atoms with Crippen LogP contribution >= 0.6 is 0 Å². The number of carbonyl (C=O) groups excluding carboxylic acids is 1. The molecule has 2 aliphatic heterocycles. The summed E-state index contributed by atoms with van der Waals surface area (Å²) in [6.07, 6.45) is 7.56. The van der Waals surface area contributed by atoms with E-state index in [1.54, 1.807) is 17.1 Å². The molecule has 2 fully saturated rings. The highest BCUT2D eigenvalue weighted by Crippen LogP contribution is 2.38. The van der Waals surface area contributed by atoms with Gasteiger partial charge in [-0.15, -0.1) is 0 Å². The van der Waals surface area contributed by atoms with E-state index in [0.29, 0.717) is 0 Å². The summed E-state index contributed by atoms with van der Waals surface area (Å²) in [5.74, 6) is 0.996. The highest BCUT2D eigenvalue weighted by molar-refractivity contribution is 5.97. The van der Waals surface area contributed by atoms with Gasteiger partial charge in [0.1, 0.15) is 11.9 Å². The lowest BCUT2D eigenvalue weighted by Crippen LogP contribution is -2.49. The van der Waals surface area contributed by atoms with Crippen LogP contribution in [0.2, 0.25) is 0 Å². The second-order valence-corrected chi connectivity index (χ2v) is 7.16. The lowest BCUT2D eigenvalue weighted by molar-refractivity contribution is 0.0357. The third kappa shape index (κ3) is 2.79. The molecule has 2 atom stereocenters. The maximum Gasteiger partial charge on any atom is 0.258 e. The predicted molar refractivity (Wildman–Crippen MR) is 93.5 cm³/mol. The van der Waals surface area contributed by atoms with Gasteiger partial charge in [-0.1, -0.05) is 0 Å². The number of carbonyl (C=O) groups is 1. The zero-order valence-electron chi connectivity index (χ0n) is 15.0. The van der Waals surface area contributed by atoms with Gasteiger partial charge < -0.3 is 9.64 Å². The summed E-state index contributed by atoms with van der Waals surface area (Å²) in [5.41, 5.74) is 2.53. The van der Waals surface area contributed by atoms with Crippen LogP contribution in [0.5, 0.6) is 5.75 Å². The molecule has 0 radical (unpaired) electrons. The Labute approximate surface area is 147 Å². The zero-order chi connectivity index (χ0) is 17.6. The smallest absolute Gasteiger partial charge is 0.258 e. The topological polar surface area (TPSA) is 60.2 Å². The number of ether oxygens (including phenoxy) is 1. The fraction of sp³-hybridized carbons (Fsp3) is 0.526. The summed E-state index contributed by atoms with van der Waals surface area (Å²) >= 11 is 0. The van der Waals surface area contributed by atoms with E-state index in [9.17, 15) is 4.79 Å². The van der Waals surface area contributed by atoms with Crippen LogP contribution < -0.4 is 4.74 Å². The van der Waals surface area contributed by atoms with Gasteiger partial charge in [0.25, 0.3) is 5.91 Å². The van der Waals surface area contributed by atoms with Crippen molar-refractivity contribution in [2.75, 3.05) is 0 Å². The predicted octanol–water partition coefficient (Wildman–Crippen LogP) is 2.65. The first-order chi connectivity index (χ1) is 12.0. The van der Waals surface area contributed by atoms with Crippen molar-refractivity contribution in [3.8, 4) is 5.75 Å². The molecule has 25 heavy (non-hydrogen) atoms. The molecule has 6 nitrogen and oxygen atoms in total. The summed E-state index contributed by atoms with van der Waals surface area (Å²) in [6.45, 7) is 3.88. The number of hydrogen-bond donors (Lipinski definition) is 0. The van der Waals surface area contributed by atoms with Gasteiger partial charge in [-0.25, -0.2) is 0 Å². The van der Waals surface area contributed by atoms with E-state index >= 15 is 0 Å². The van der Waals surface area contributed by atoms with Crippen molar-refractivity contribution in [3.63, 3.8) is 0 Å². The van der Waals surface area contributed by atoms with Gasteiger partial charge in [0.2, 0.25) is 0 Å². The first-order valence-corrected chi connectivity index (χ1v) is 8.94. The normalized spacial score (nSPS) is 25.2. The van der Waals surface area contributed by atoms with Crippen LogP contribution in [0.15, 0.2) is 24.5 Å².